The van der Waals surface area contributed by atoms with E-state index in [0.717, 1.165) is 38.5 Å². The Hall–Kier alpha value is -1.34. The fourth-order valence-electron chi connectivity index (χ4n) is 3.10. The maximum Gasteiger partial charge on any atom is 0.227 e. The lowest BCUT2D eigenvalue weighted by molar-refractivity contribution is -0.128. The highest BCUT2D eigenvalue weighted by Gasteiger charge is 2.33. The molecule has 0 aromatic rings. The second-order valence-corrected chi connectivity index (χ2v) is 7.05. The number of amides is 1. The highest BCUT2D eigenvalue weighted by molar-refractivity contribution is 5.84. The van der Waals surface area contributed by atoms with Crippen LogP contribution < -0.4 is 10.6 Å². The molecule has 2 heterocycles. The first-order chi connectivity index (χ1) is 11.5. The highest BCUT2D eigenvalue weighted by Crippen LogP contribution is 2.21. The van der Waals surface area contributed by atoms with Crippen LogP contribution in [-0.4, -0.2) is 75.4 Å². The number of carbonyl (C=O) groups excluding carboxylic acids is 1. The minimum absolute atomic E-state index is 0.0483. The number of carbonyl (C=O) groups is 1. The molecule has 0 aliphatic carbocycles. The minimum atomic E-state index is -0.494. The second-order valence-electron chi connectivity index (χ2n) is 7.05. The van der Waals surface area contributed by atoms with Crippen molar-refractivity contribution in [3.05, 3.63) is 0 Å². The Bertz CT molecular complexity index is 447. The fraction of sp³-hybridized carbons (Fsp3) is 0.882. The third-order valence-electron chi connectivity index (χ3n) is 4.62. The molecule has 2 N–H and O–H groups in total. The third-order valence-corrected chi connectivity index (χ3v) is 4.62. The largest absolute Gasteiger partial charge is 0.375 e. The first kappa shape index (κ1) is 19.0. The van der Waals surface area contributed by atoms with Gasteiger partial charge in [-0.05, 0) is 33.6 Å². The molecule has 2 aliphatic rings. The van der Waals surface area contributed by atoms with Gasteiger partial charge in [-0.25, -0.2) is 0 Å². The highest BCUT2D eigenvalue weighted by atomic mass is 16.5. The lowest BCUT2D eigenvalue weighted by Crippen LogP contribution is -2.55. The zero-order chi connectivity index (χ0) is 17.6. The fourth-order valence-corrected chi connectivity index (χ4v) is 3.10. The van der Waals surface area contributed by atoms with Gasteiger partial charge in [0, 0.05) is 39.8 Å². The lowest BCUT2D eigenvalue weighted by Gasteiger charge is -2.37. The van der Waals surface area contributed by atoms with Crippen LogP contribution in [0.3, 0.4) is 0 Å². The van der Waals surface area contributed by atoms with Crippen LogP contribution in [0, 0.1) is 5.41 Å². The van der Waals surface area contributed by atoms with Crippen LogP contribution in [0.2, 0.25) is 0 Å². The number of hydrogen-bond acceptors (Lipinski definition) is 4. The molecule has 2 aliphatic heterocycles. The van der Waals surface area contributed by atoms with Crippen LogP contribution in [0.1, 0.15) is 33.6 Å². The molecule has 2 fully saturated rings. The maximum atomic E-state index is 12.1. The molecule has 1 amide bonds. The van der Waals surface area contributed by atoms with Crippen LogP contribution in [-0.2, 0) is 14.3 Å². The Morgan fingerprint density at radius 1 is 1.25 bits per heavy atom. The summed E-state index contributed by atoms with van der Waals surface area (Å²) in [6.07, 6.45) is 2.46. The number of rotatable bonds is 5. The smallest absolute Gasteiger partial charge is 0.227 e. The van der Waals surface area contributed by atoms with E-state index in [1.165, 1.54) is 0 Å². The van der Waals surface area contributed by atoms with Crippen molar-refractivity contribution in [2.45, 2.75) is 45.8 Å². The molecule has 7 heteroatoms. The minimum Gasteiger partial charge on any atom is -0.375 e. The third kappa shape index (κ3) is 4.83. The Morgan fingerprint density at radius 3 is 2.62 bits per heavy atom. The number of guanidine groups is 1. The normalized spacial score (nSPS) is 25.7. The average Bonchev–Trinajstić information content (AvgIpc) is 3.10. The predicted octanol–water partition coefficient (Wildman–Crippen LogP) is 0.604. The van der Waals surface area contributed by atoms with E-state index < -0.39 is 5.41 Å². The first-order valence-electron chi connectivity index (χ1n) is 8.95. The topological polar surface area (TPSA) is 75.2 Å². The molecular formula is C17H32N4O3. The summed E-state index contributed by atoms with van der Waals surface area (Å²) >= 11 is 0. The summed E-state index contributed by atoms with van der Waals surface area (Å²) in [4.78, 5) is 18.7. The van der Waals surface area contributed by atoms with Crippen LogP contribution in [0.25, 0.3) is 0 Å². The SMILES string of the molecule is CCNC(=O)C(C)(C)CNC(=NC)N1CCOC(C2CCCO2)C1. The van der Waals surface area contributed by atoms with Crippen LogP contribution >= 0.6 is 0 Å². The number of nitrogens with zero attached hydrogens (tertiary/aromatic N) is 2. The second kappa shape index (κ2) is 8.67. The zero-order valence-electron chi connectivity index (χ0n) is 15.4. The molecular weight excluding hydrogens is 308 g/mol. The van der Waals surface area contributed by atoms with Crippen molar-refractivity contribution in [2.75, 3.05) is 46.4 Å². The van der Waals surface area contributed by atoms with Crippen molar-refractivity contribution in [1.82, 2.24) is 15.5 Å². The summed E-state index contributed by atoms with van der Waals surface area (Å²) in [5, 5.41) is 6.23. The van der Waals surface area contributed by atoms with Gasteiger partial charge in [0.1, 0.15) is 6.10 Å². The van der Waals surface area contributed by atoms with Gasteiger partial charge in [0.2, 0.25) is 5.91 Å². The van der Waals surface area contributed by atoms with Gasteiger partial charge in [-0.15, -0.1) is 0 Å². The molecule has 7 nitrogen and oxygen atoms in total. The van der Waals surface area contributed by atoms with E-state index in [2.05, 4.69) is 20.5 Å². The predicted molar refractivity (Wildman–Crippen MR) is 94.1 cm³/mol. The zero-order valence-corrected chi connectivity index (χ0v) is 15.4. The van der Waals surface area contributed by atoms with Crippen LogP contribution in [0.4, 0.5) is 0 Å². The van der Waals surface area contributed by atoms with Gasteiger partial charge >= 0.3 is 0 Å². The molecule has 0 saturated carbocycles. The molecule has 0 aromatic carbocycles. The molecule has 0 bridgehead atoms. The molecule has 2 saturated heterocycles. The van der Waals surface area contributed by atoms with Crippen molar-refractivity contribution in [1.29, 1.82) is 0 Å². The summed E-state index contributed by atoms with van der Waals surface area (Å²) in [7, 11) is 1.78. The molecule has 2 atom stereocenters. The number of aliphatic imine (C=N–C) groups is 1. The van der Waals surface area contributed by atoms with Crippen molar-refractivity contribution < 1.29 is 14.3 Å². The van der Waals surface area contributed by atoms with E-state index in [9.17, 15) is 4.79 Å². The van der Waals surface area contributed by atoms with Gasteiger partial charge in [0.25, 0.3) is 0 Å². The maximum absolute atomic E-state index is 12.1. The molecule has 138 valence electrons. The van der Waals surface area contributed by atoms with Crippen molar-refractivity contribution in [3.8, 4) is 0 Å². The summed E-state index contributed by atoms with van der Waals surface area (Å²) in [5.41, 5.74) is -0.494. The van der Waals surface area contributed by atoms with Gasteiger partial charge < -0.3 is 25.0 Å². The van der Waals surface area contributed by atoms with Gasteiger partial charge in [-0.2, -0.15) is 0 Å². The number of morpholine rings is 1. The average molecular weight is 340 g/mol. The van der Waals surface area contributed by atoms with Crippen LogP contribution in [0.5, 0.6) is 0 Å². The molecule has 0 radical (unpaired) electrons. The number of hydrogen-bond donors (Lipinski definition) is 2. The van der Waals surface area contributed by atoms with E-state index in [1.54, 1.807) is 7.05 Å². The molecule has 0 spiro atoms. The molecule has 0 aromatic heterocycles. The Morgan fingerprint density at radius 2 is 2.00 bits per heavy atom. The van der Waals surface area contributed by atoms with Crippen molar-refractivity contribution in [3.63, 3.8) is 0 Å². The van der Waals surface area contributed by atoms with Gasteiger partial charge in [0.15, 0.2) is 5.96 Å². The first-order valence-corrected chi connectivity index (χ1v) is 8.95. The molecule has 24 heavy (non-hydrogen) atoms. The molecule has 2 unspecified atom stereocenters. The van der Waals surface area contributed by atoms with E-state index in [4.69, 9.17) is 9.47 Å². The Balaban J connectivity index is 1.89. The van der Waals surface area contributed by atoms with E-state index in [-0.39, 0.29) is 18.1 Å². The summed E-state index contributed by atoms with van der Waals surface area (Å²) < 4.78 is 11.7. The van der Waals surface area contributed by atoms with Crippen molar-refractivity contribution >= 4 is 11.9 Å². The lowest BCUT2D eigenvalue weighted by atomic mass is 9.92. The van der Waals surface area contributed by atoms with Crippen molar-refractivity contribution in [2.24, 2.45) is 10.4 Å². The quantitative estimate of drug-likeness (QED) is 0.566. The molecule has 2 rings (SSSR count). The number of ether oxygens (including phenoxy) is 2. The van der Waals surface area contributed by atoms with Gasteiger partial charge in [-0.3, -0.25) is 9.79 Å². The summed E-state index contributed by atoms with van der Waals surface area (Å²) in [6, 6.07) is 0. The Labute approximate surface area is 145 Å². The van der Waals surface area contributed by atoms with E-state index >= 15 is 0 Å². The summed E-state index contributed by atoms with van der Waals surface area (Å²) in [6.45, 7) is 10.1. The van der Waals surface area contributed by atoms with E-state index in [1.807, 2.05) is 20.8 Å². The van der Waals surface area contributed by atoms with Gasteiger partial charge in [0.05, 0.1) is 18.1 Å². The van der Waals surface area contributed by atoms with Gasteiger partial charge in [-0.1, -0.05) is 0 Å². The van der Waals surface area contributed by atoms with E-state index in [0.29, 0.717) is 19.7 Å². The Kier molecular flexibility index (Phi) is 6.86. The summed E-state index contributed by atoms with van der Waals surface area (Å²) in [5.74, 6) is 0.867. The monoisotopic (exact) mass is 340 g/mol. The standard InChI is InChI=1S/C17H32N4O3/c1-5-19-15(22)17(2,3)12-20-16(18-4)21-8-10-24-14(11-21)13-7-6-9-23-13/h13-14H,5-12H2,1-4H3,(H,18,20)(H,19,22). The number of nitrogens with one attached hydrogen (secondary N) is 2. The van der Waals surface area contributed by atoms with Crippen LogP contribution in [0.15, 0.2) is 4.99 Å².